The van der Waals surface area contributed by atoms with Crippen molar-refractivity contribution < 1.29 is 18.0 Å². The van der Waals surface area contributed by atoms with Gasteiger partial charge in [-0.2, -0.15) is 0 Å². The van der Waals surface area contributed by atoms with Crippen molar-refractivity contribution in [2.45, 2.75) is 45.8 Å². The van der Waals surface area contributed by atoms with Crippen LogP contribution in [0.4, 0.5) is 5.69 Å². The Hall–Kier alpha value is -2.88. The smallest absolute Gasteiger partial charge is 0.244 e. The van der Waals surface area contributed by atoms with E-state index in [9.17, 15) is 18.0 Å². The zero-order valence-electron chi connectivity index (χ0n) is 22.4. The lowest BCUT2D eigenvalue weighted by Crippen LogP contribution is -2.54. The van der Waals surface area contributed by atoms with E-state index in [2.05, 4.69) is 21.2 Å². The molecule has 2 amide bonds. The van der Waals surface area contributed by atoms with Crippen LogP contribution in [0.1, 0.15) is 30.5 Å². The molecule has 208 valence electrons. The van der Waals surface area contributed by atoms with E-state index in [1.807, 2.05) is 68.4 Å². The van der Waals surface area contributed by atoms with Gasteiger partial charge in [-0.3, -0.25) is 13.9 Å². The second kappa shape index (κ2) is 13.5. The molecule has 0 aliphatic rings. The average molecular weight is 635 g/mol. The summed E-state index contributed by atoms with van der Waals surface area (Å²) < 4.78 is 27.7. The van der Waals surface area contributed by atoms with E-state index < -0.39 is 28.5 Å². The van der Waals surface area contributed by atoms with Crippen molar-refractivity contribution in [1.82, 2.24) is 10.2 Å². The van der Waals surface area contributed by atoms with Crippen LogP contribution >= 0.6 is 27.5 Å². The summed E-state index contributed by atoms with van der Waals surface area (Å²) in [6.45, 7) is 5.07. The minimum atomic E-state index is -3.85. The molecule has 3 rings (SSSR count). The van der Waals surface area contributed by atoms with Crippen LogP contribution < -0.4 is 9.62 Å². The molecule has 0 saturated heterocycles. The largest absolute Gasteiger partial charge is 0.352 e. The minimum Gasteiger partial charge on any atom is -0.352 e. The van der Waals surface area contributed by atoms with Crippen LogP contribution in [0.2, 0.25) is 5.02 Å². The lowest BCUT2D eigenvalue weighted by molar-refractivity contribution is -0.140. The Morgan fingerprint density at radius 2 is 1.64 bits per heavy atom. The highest BCUT2D eigenvalue weighted by Crippen LogP contribution is 2.26. The van der Waals surface area contributed by atoms with E-state index in [4.69, 9.17) is 11.6 Å². The molecule has 1 N–H and O–H groups in total. The molecule has 3 aromatic carbocycles. The maximum atomic E-state index is 14.1. The fourth-order valence-corrected chi connectivity index (χ4v) is 5.84. The van der Waals surface area contributed by atoms with Crippen molar-refractivity contribution in [2.24, 2.45) is 0 Å². The van der Waals surface area contributed by atoms with Gasteiger partial charge in [-0.15, -0.1) is 0 Å². The van der Waals surface area contributed by atoms with Crippen molar-refractivity contribution in [3.05, 3.63) is 99.0 Å². The van der Waals surface area contributed by atoms with Crippen molar-refractivity contribution >= 4 is 55.1 Å². The molecule has 0 unspecified atom stereocenters. The van der Waals surface area contributed by atoms with Crippen LogP contribution in [0.15, 0.2) is 77.3 Å². The maximum Gasteiger partial charge on any atom is 0.244 e. The normalized spacial score (nSPS) is 12.2. The number of aryl methyl sites for hydroxylation is 1. The van der Waals surface area contributed by atoms with Gasteiger partial charge in [-0.1, -0.05) is 70.0 Å². The van der Waals surface area contributed by atoms with Crippen LogP contribution in [0.5, 0.6) is 0 Å². The summed E-state index contributed by atoms with van der Waals surface area (Å²) in [6.07, 6.45) is 1.32. The number of amides is 2. The molecule has 0 aliphatic carbocycles. The monoisotopic (exact) mass is 633 g/mol. The Balaban J connectivity index is 2.07. The van der Waals surface area contributed by atoms with Gasteiger partial charge in [-0.25, -0.2) is 8.42 Å². The molecular weight excluding hydrogens is 602 g/mol. The summed E-state index contributed by atoms with van der Waals surface area (Å²) in [7, 11) is -3.85. The van der Waals surface area contributed by atoms with Gasteiger partial charge in [0.1, 0.15) is 12.6 Å². The molecule has 10 heteroatoms. The lowest BCUT2D eigenvalue weighted by atomic mass is 10.0. The number of nitrogens with zero attached hydrogens (tertiary/aromatic N) is 2. The van der Waals surface area contributed by atoms with Crippen LogP contribution in [0.3, 0.4) is 0 Å². The van der Waals surface area contributed by atoms with E-state index in [0.29, 0.717) is 16.3 Å². The minimum absolute atomic E-state index is 0.110. The zero-order valence-corrected chi connectivity index (χ0v) is 25.6. The third-order valence-electron chi connectivity index (χ3n) is 6.05. The van der Waals surface area contributed by atoms with Crippen LogP contribution in [-0.4, -0.2) is 50.0 Å². The molecule has 0 saturated carbocycles. The van der Waals surface area contributed by atoms with Crippen LogP contribution in [0.25, 0.3) is 0 Å². The average Bonchev–Trinajstić information content (AvgIpc) is 2.84. The molecule has 0 spiro atoms. The Bertz CT molecular complexity index is 1420. The van der Waals surface area contributed by atoms with Crippen LogP contribution in [-0.2, 0) is 32.6 Å². The Labute approximate surface area is 244 Å². The van der Waals surface area contributed by atoms with Gasteiger partial charge in [-0.05, 0) is 67.8 Å². The topological polar surface area (TPSA) is 86.8 Å². The quantitative estimate of drug-likeness (QED) is 0.309. The number of rotatable bonds is 11. The molecule has 0 aliphatic heterocycles. The van der Waals surface area contributed by atoms with Crippen molar-refractivity contribution in [1.29, 1.82) is 0 Å². The predicted molar refractivity (Wildman–Crippen MR) is 160 cm³/mol. The first kappa shape index (κ1) is 30.7. The second-order valence-electron chi connectivity index (χ2n) is 9.72. The summed E-state index contributed by atoms with van der Waals surface area (Å²) in [5, 5.41) is 3.40. The maximum absolute atomic E-state index is 14.1. The first-order valence-electron chi connectivity index (χ1n) is 12.5. The summed E-state index contributed by atoms with van der Waals surface area (Å²) in [5.41, 5.74) is 2.63. The predicted octanol–water partition coefficient (Wildman–Crippen LogP) is 5.34. The van der Waals surface area contributed by atoms with Gasteiger partial charge >= 0.3 is 0 Å². The molecule has 0 aromatic heterocycles. The lowest BCUT2D eigenvalue weighted by Gasteiger charge is -2.34. The summed E-state index contributed by atoms with van der Waals surface area (Å²) in [4.78, 5) is 29.1. The van der Waals surface area contributed by atoms with Gasteiger partial charge in [0, 0.05) is 28.5 Å². The molecule has 7 nitrogen and oxygen atoms in total. The first-order chi connectivity index (χ1) is 18.3. The number of benzene rings is 3. The van der Waals surface area contributed by atoms with E-state index in [0.717, 1.165) is 26.2 Å². The van der Waals surface area contributed by atoms with Gasteiger partial charge in [0.05, 0.1) is 11.9 Å². The second-order valence-corrected chi connectivity index (χ2v) is 13.0. The fourth-order valence-electron chi connectivity index (χ4n) is 4.26. The van der Waals surface area contributed by atoms with Crippen molar-refractivity contribution in [3.63, 3.8) is 0 Å². The van der Waals surface area contributed by atoms with E-state index in [1.165, 1.54) is 4.90 Å². The highest BCUT2D eigenvalue weighted by molar-refractivity contribution is 9.10. The molecule has 1 atom stereocenters. The zero-order chi connectivity index (χ0) is 28.7. The van der Waals surface area contributed by atoms with Crippen molar-refractivity contribution in [2.75, 3.05) is 17.1 Å². The third kappa shape index (κ3) is 8.81. The molecular formula is C29H33BrClN3O4S. The van der Waals surface area contributed by atoms with E-state index in [-0.39, 0.29) is 24.9 Å². The summed E-state index contributed by atoms with van der Waals surface area (Å²) in [6, 6.07) is 20.7. The standard InChI is InChI=1S/C29H33BrClN3O4S/c1-20(2)32-29(36)27(17-22-9-6-5-7-10-22)33(18-23-11-8-12-24(30)16-23)28(35)19-34(39(4,37)38)26-14-13-25(31)15-21(26)3/h5-16,20,27H,17-19H2,1-4H3,(H,32,36)/t27-/m0/s1. The van der Waals surface area contributed by atoms with Gasteiger partial charge in [0.15, 0.2) is 0 Å². The SMILES string of the molecule is Cc1cc(Cl)ccc1N(CC(=O)N(Cc1cccc(Br)c1)[C@@H](Cc1ccccc1)C(=O)NC(C)C)S(C)(=O)=O. The number of sulfonamides is 1. The summed E-state index contributed by atoms with van der Waals surface area (Å²) in [5.74, 6) is -0.819. The number of hydrogen-bond donors (Lipinski definition) is 1. The van der Waals surface area contributed by atoms with Gasteiger partial charge in [0.25, 0.3) is 0 Å². The first-order valence-corrected chi connectivity index (χ1v) is 15.5. The third-order valence-corrected chi connectivity index (χ3v) is 7.91. The van der Waals surface area contributed by atoms with Gasteiger partial charge < -0.3 is 10.2 Å². The Morgan fingerprint density at radius 3 is 2.23 bits per heavy atom. The highest BCUT2D eigenvalue weighted by atomic mass is 79.9. The number of anilines is 1. The van der Waals surface area contributed by atoms with E-state index in [1.54, 1.807) is 25.1 Å². The number of halogens is 2. The molecule has 0 radical (unpaired) electrons. The molecule has 0 heterocycles. The highest BCUT2D eigenvalue weighted by Gasteiger charge is 2.33. The van der Waals surface area contributed by atoms with Gasteiger partial charge in [0.2, 0.25) is 21.8 Å². The number of nitrogens with one attached hydrogen (secondary N) is 1. The fraction of sp³-hybridized carbons (Fsp3) is 0.310. The van der Waals surface area contributed by atoms with Crippen molar-refractivity contribution in [3.8, 4) is 0 Å². The molecule has 0 bridgehead atoms. The molecule has 3 aromatic rings. The number of hydrogen-bond acceptors (Lipinski definition) is 4. The Morgan fingerprint density at radius 1 is 0.974 bits per heavy atom. The van der Waals surface area contributed by atoms with E-state index >= 15 is 0 Å². The Kier molecular flexibility index (Phi) is 10.6. The van der Waals surface area contributed by atoms with Crippen LogP contribution in [0, 0.1) is 6.92 Å². The molecule has 39 heavy (non-hydrogen) atoms. The molecule has 0 fully saturated rings. The number of carbonyl (C=O) groups is 2. The summed E-state index contributed by atoms with van der Waals surface area (Å²) >= 11 is 9.57. The number of carbonyl (C=O) groups excluding carboxylic acids is 2.